The summed E-state index contributed by atoms with van der Waals surface area (Å²) in [6.45, 7) is 2.12. The second-order valence-electron chi connectivity index (χ2n) is 4.93. The van der Waals surface area contributed by atoms with Crippen molar-refractivity contribution < 1.29 is 5.11 Å². The van der Waals surface area contributed by atoms with Crippen LogP contribution in [0.4, 0.5) is 0 Å². The molecule has 2 N–H and O–H groups in total. The topological polar surface area (TPSA) is 48.9 Å². The first-order chi connectivity index (χ1) is 11.2. The van der Waals surface area contributed by atoms with Gasteiger partial charge in [0, 0.05) is 11.1 Å². The molecule has 0 aliphatic heterocycles. The molecule has 0 spiro atoms. The molecule has 23 heavy (non-hydrogen) atoms. The summed E-state index contributed by atoms with van der Waals surface area (Å²) in [5, 5.41) is 10.5. The van der Waals surface area contributed by atoms with Crippen molar-refractivity contribution in [2.75, 3.05) is 5.75 Å². The molecule has 0 saturated carbocycles. The van der Waals surface area contributed by atoms with Crippen molar-refractivity contribution in [3.63, 3.8) is 0 Å². The summed E-state index contributed by atoms with van der Waals surface area (Å²) in [7, 11) is 0. The third kappa shape index (κ3) is 3.70. The molecule has 0 aliphatic rings. The van der Waals surface area contributed by atoms with Crippen molar-refractivity contribution in [2.24, 2.45) is 0 Å². The average Bonchev–Trinajstić information content (AvgIpc) is 2.94. The fraction of sp³-hybridized carbons (Fsp3) is 0.167. The molecule has 3 rings (SSSR count). The highest BCUT2D eigenvalue weighted by Gasteiger charge is 2.06. The Labute approximate surface area is 144 Å². The maximum absolute atomic E-state index is 9.05. The number of H-pyrrole nitrogens is 1. The first-order valence-electron chi connectivity index (χ1n) is 7.23. The molecule has 2 aromatic carbocycles. The van der Waals surface area contributed by atoms with Crippen LogP contribution >= 0.6 is 23.4 Å². The van der Waals surface area contributed by atoms with Gasteiger partial charge in [-0.25, -0.2) is 4.98 Å². The Morgan fingerprint density at radius 3 is 2.70 bits per heavy atom. The number of imidazole rings is 1. The Morgan fingerprint density at radius 1 is 1.22 bits per heavy atom. The molecule has 3 nitrogen and oxygen atoms in total. The maximum Gasteiger partial charge on any atom is 0.166 e. The predicted octanol–water partition coefficient (Wildman–Crippen LogP) is 4.22. The van der Waals surface area contributed by atoms with Crippen LogP contribution in [-0.4, -0.2) is 20.8 Å². The Hall–Kier alpha value is -1.93. The van der Waals surface area contributed by atoms with Crippen LogP contribution in [0.1, 0.15) is 23.6 Å². The van der Waals surface area contributed by atoms with Crippen LogP contribution in [0.3, 0.4) is 0 Å². The molecule has 0 saturated heterocycles. The van der Waals surface area contributed by atoms with E-state index in [1.54, 1.807) is 11.8 Å². The third-order valence-electron chi connectivity index (χ3n) is 3.31. The van der Waals surface area contributed by atoms with E-state index in [2.05, 4.69) is 28.7 Å². The molecule has 0 atom stereocenters. The molecule has 0 bridgehead atoms. The second kappa shape index (κ2) is 7.10. The van der Waals surface area contributed by atoms with Gasteiger partial charge in [-0.1, -0.05) is 54.3 Å². The van der Waals surface area contributed by atoms with Crippen LogP contribution in [-0.2, 0) is 6.61 Å². The van der Waals surface area contributed by atoms with Gasteiger partial charge in [0.05, 0.1) is 22.7 Å². The van der Waals surface area contributed by atoms with Crippen LogP contribution in [0, 0.1) is 11.8 Å². The monoisotopic (exact) mass is 342 g/mol. The molecule has 0 unspecified atom stereocenters. The van der Waals surface area contributed by atoms with E-state index in [1.807, 2.05) is 36.4 Å². The minimum absolute atomic E-state index is 0.0358. The molecule has 1 heterocycles. The largest absolute Gasteiger partial charge is 0.392 e. The van der Waals surface area contributed by atoms with Gasteiger partial charge < -0.3 is 10.1 Å². The normalized spacial score (nSPS) is 10.6. The standard InChI is InChI=1S/C18H15ClN2OS/c1-2-23-18-20-16-9-14(15(19)10-17(16)21-18)8-7-12-3-5-13(11-22)6-4-12/h3-6,9-10,22H,2,11H2,1H3,(H,20,21). The van der Waals surface area contributed by atoms with E-state index >= 15 is 0 Å². The zero-order valence-electron chi connectivity index (χ0n) is 12.6. The molecule has 0 aliphatic carbocycles. The SMILES string of the molecule is CCSc1nc2cc(Cl)c(C#Cc3ccc(CO)cc3)cc2[nH]1. The molecule has 0 radical (unpaired) electrons. The molecular weight excluding hydrogens is 328 g/mol. The van der Waals surface area contributed by atoms with Gasteiger partial charge >= 0.3 is 0 Å². The number of aromatic nitrogens is 2. The zero-order chi connectivity index (χ0) is 16.2. The second-order valence-corrected chi connectivity index (χ2v) is 6.59. The quantitative estimate of drug-likeness (QED) is 0.553. The molecular formula is C18H15ClN2OS. The Bertz CT molecular complexity index is 891. The lowest BCUT2D eigenvalue weighted by atomic mass is 10.1. The Morgan fingerprint density at radius 2 is 2.00 bits per heavy atom. The van der Waals surface area contributed by atoms with E-state index in [9.17, 15) is 0 Å². The van der Waals surface area contributed by atoms with E-state index in [4.69, 9.17) is 16.7 Å². The van der Waals surface area contributed by atoms with Gasteiger partial charge in [-0.15, -0.1) is 0 Å². The minimum Gasteiger partial charge on any atom is -0.392 e. The van der Waals surface area contributed by atoms with E-state index in [0.717, 1.165) is 38.6 Å². The molecule has 3 aromatic rings. The summed E-state index contributed by atoms with van der Waals surface area (Å²) in [6, 6.07) is 11.3. The number of nitrogens with zero attached hydrogens (tertiary/aromatic N) is 1. The Balaban J connectivity index is 1.93. The predicted molar refractivity (Wildman–Crippen MR) is 95.8 cm³/mol. The fourth-order valence-corrected chi connectivity index (χ4v) is 2.97. The maximum atomic E-state index is 9.05. The van der Waals surface area contributed by atoms with Crippen molar-refractivity contribution in [3.8, 4) is 11.8 Å². The number of nitrogens with one attached hydrogen (secondary N) is 1. The van der Waals surface area contributed by atoms with Gasteiger partial charge in [0.2, 0.25) is 0 Å². The summed E-state index contributed by atoms with van der Waals surface area (Å²) >= 11 is 7.97. The summed E-state index contributed by atoms with van der Waals surface area (Å²) in [5.41, 5.74) is 4.30. The number of hydrogen-bond donors (Lipinski definition) is 2. The zero-order valence-corrected chi connectivity index (χ0v) is 14.1. The van der Waals surface area contributed by atoms with Gasteiger partial charge in [-0.3, -0.25) is 0 Å². The van der Waals surface area contributed by atoms with Crippen molar-refractivity contribution in [2.45, 2.75) is 18.7 Å². The van der Waals surface area contributed by atoms with E-state index in [-0.39, 0.29) is 6.61 Å². The number of hydrogen-bond acceptors (Lipinski definition) is 3. The highest BCUT2D eigenvalue weighted by atomic mass is 35.5. The first-order valence-corrected chi connectivity index (χ1v) is 8.60. The summed E-state index contributed by atoms with van der Waals surface area (Å²) in [4.78, 5) is 7.77. The lowest BCUT2D eigenvalue weighted by Gasteiger charge is -1.97. The van der Waals surface area contributed by atoms with E-state index in [1.165, 1.54) is 0 Å². The van der Waals surface area contributed by atoms with Crippen molar-refractivity contribution >= 4 is 34.4 Å². The number of aliphatic hydroxyl groups excluding tert-OH is 1. The van der Waals surface area contributed by atoms with Crippen LogP contribution < -0.4 is 0 Å². The highest BCUT2D eigenvalue weighted by Crippen LogP contribution is 2.25. The highest BCUT2D eigenvalue weighted by molar-refractivity contribution is 7.99. The molecule has 0 fully saturated rings. The molecule has 0 amide bonds. The number of thioether (sulfide) groups is 1. The van der Waals surface area contributed by atoms with E-state index in [0.29, 0.717) is 5.02 Å². The molecule has 1 aromatic heterocycles. The van der Waals surface area contributed by atoms with Gasteiger partial charge in [0.25, 0.3) is 0 Å². The molecule has 5 heteroatoms. The van der Waals surface area contributed by atoms with Crippen LogP contribution in [0.25, 0.3) is 11.0 Å². The van der Waals surface area contributed by atoms with Crippen molar-refractivity contribution in [1.82, 2.24) is 9.97 Å². The summed E-state index contributed by atoms with van der Waals surface area (Å²) < 4.78 is 0. The van der Waals surface area contributed by atoms with Crippen LogP contribution in [0.2, 0.25) is 5.02 Å². The lowest BCUT2D eigenvalue weighted by Crippen LogP contribution is -1.83. The van der Waals surface area contributed by atoms with Crippen LogP contribution in [0.5, 0.6) is 0 Å². The van der Waals surface area contributed by atoms with Crippen molar-refractivity contribution in [1.29, 1.82) is 0 Å². The van der Waals surface area contributed by atoms with Gasteiger partial charge in [0.15, 0.2) is 5.16 Å². The van der Waals surface area contributed by atoms with Crippen LogP contribution in [0.15, 0.2) is 41.6 Å². The average molecular weight is 343 g/mol. The van der Waals surface area contributed by atoms with Gasteiger partial charge in [-0.2, -0.15) is 0 Å². The summed E-state index contributed by atoms with van der Waals surface area (Å²) in [6.07, 6.45) is 0. The Kier molecular flexibility index (Phi) is 4.92. The van der Waals surface area contributed by atoms with Crippen molar-refractivity contribution in [3.05, 3.63) is 58.1 Å². The lowest BCUT2D eigenvalue weighted by molar-refractivity contribution is 0.282. The number of halogens is 1. The number of fused-ring (bicyclic) bond motifs is 1. The summed E-state index contributed by atoms with van der Waals surface area (Å²) in [5.74, 6) is 7.16. The number of aromatic amines is 1. The van der Waals surface area contributed by atoms with Gasteiger partial charge in [0.1, 0.15) is 0 Å². The minimum atomic E-state index is 0.0358. The first kappa shape index (κ1) is 15.9. The van der Waals surface area contributed by atoms with Gasteiger partial charge in [-0.05, 0) is 35.6 Å². The third-order valence-corrected chi connectivity index (χ3v) is 4.38. The fourth-order valence-electron chi connectivity index (χ4n) is 2.14. The number of rotatable bonds is 3. The van der Waals surface area contributed by atoms with E-state index < -0.39 is 0 Å². The smallest absolute Gasteiger partial charge is 0.166 e. The number of aliphatic hydroxyl groups is 1. The molecule has 116 valence electrons. The number of benzene rings is 2.